The van der Waals surface area contributed by atoms with E-state index in [1.165, 1.54) is 0 Å². The second-order valence-corrected chi connectivity index (χ2v) is 9.43. The number of amides is 1. The van der Waals surface area contributed by atoms with E-state index in [-0.39, 0.29) is 11.3 Å². The first-order chi connectivity index (χ1) is 16.2. The molecule has 0 aliphatic carbocycles. The topological polar surface area (TPSA) is 78.2 Å². The summed E-state index contributed by atoms with van der Waals surface area (Å²) in [6.45, 7) is 9.28. The van der Waals surface area contributed by atoms with Crippen LogP contribution in [0.25, 0.3) is 5.70 Å². The number of aromatic nitrogens is 1. The Balaban J connectivity index is 1.58. The average molecular weight is 453 g/mol. The van der Waals surface area contributed by atoms with Gasteiger partial charge in [0.15, 0.2) is 0 Å². The molecule has 1 amide bonds. The molecule has 2 aromatic carbocycles. The lowest BCUT2D eigenvalue weighted by atomic mass is 9.85. The number of nitriles is 1. The Labute approximate surface area is 200 Å². The number of pyridine rings is 1. The molecule has 0 unspecified atom stereocenters. The van der Waals surface area contributed by atoms with Crippen LogP contribution in [0.2, 0.25) is 0 Å². The molecule has 0 saturated heterocycles. The van der Waals surface area contributed by atoms with Crippen LogP contribution in [-0.4, -0.2) is 22.6 Å². The van der Waals surface area contributed by atoms with Gasteiger partial charge in [0.05, 0.1) is 30.5 Å². The van der Waals surface area contributed by atoms with E-state index in [1.54, 1.807) is 12.3 Å². The third-order valence-electron chi connectivity index (χ3n) is 5.79. The Hall–Kier alpha value is -3.95. The van der Waals surface area contributed by atoms with Gasteiger partial charge in [0.25, 0.3) is 5.91 Å². The maximum absolute atomic E-state index is 13.1. The van der Waals surface area contributed by atoms with Gasteiger partial charge in [-0.25, -0.2) is 5.06 Å². The van der Waals surface area contributed by atoms with E-state index in [2.05, 4.69) is 37.1 Å². The smallest absolute Gasteiger partial charge is 0.255 e. The lowest BCUT2D eigenvalue weighted by molar-refractivity contribution is -0.0874. The van der Waals surface area contributed by atoms with E-state index in [4.69, 9.17) is 4.84 Å². The van der Waals surface area contributed by atoms with Gasteiger partial charge in [-0.15, -0.1) is 0 Å². The highest BCUT2D eigenvalue weighted by molar-refractivity contribution is 6.04. The average Bonchev–Trinajstić information content (AvgIpc) is 3.27. The second-order valence-electron chi connectivity index (χ2n) is 9.43. The number of rotatable bonds is 5. The molecule has 2 heterocycles. The summed E-state index contributed by atoms with van der Waals surface area (Å²) < 4.78 is 0. The number of anilines is 1. The summed E-state index contributed by atoms with van der Waals surface area (Å²) >= 11 is 0. The van der Waals surface area contributed by atoms with Crippen LogP contribution < -0.4 is 5.32 Å². The van der Waals surface area contributed by atoms with Crippen LogP contribution in [0.15, 0.2) is 67.0 Å². The van der Waals surface area contributed by atoms with Crippen molar-refractivity contribution in [3.8, 4) is 6.07 Å². The molecule has 4 rings (SSSR count). The van der Waals surface area contributed by atoms with Crippen LogP contribution >= 0.6 is 0 Å². The summed E-state index contributed by atoms with van der Waals surface area (Å²) in [6, 6.07) is 17.2. The number of nitrogens with one attached hydrogen (secondary N) is 1. The highest BCUT2D eigenvalue weighted by Crippen LogP contribution is 2.31. The Morgan fingerprint density at radius 2 is 2.03 bits per heavy atom. The zero-order chi connectivity index (χ0) is 24.3. The van der Waals surface area contributed by atoms with E-state index >= 15 is 0 Å². The van der Waals surface area contributed by atoms with Crippen LogP contribution in [0.1, 0.15) is 58.9 Å². The lowest BCUT2D eigenvalue weighted by Crippen LogP contribution is -2.18. The van der Waals surface area contributed by atoms with E-state index in [0.29, 0.717) is 30.0 Å². The van der Waals surface area contributed by atoms with Crippen LogP contribution in [0, 0.1) is 18.3 Å². The molecule has 0 spiro atoms. The number of hydroxylamine groups is 2. The molecular weight excluding hydrogens is 424 g/mol. The first-order valence-electron chi connectivity index (χ1n) is 11.2. The Kier molecular flexibility index (Phi) is 6.49. The van der Waals surface area contributed by atoms with Crippen molar-refractivity contribution in [1.82, 2.24) is 10.0 Å². The fourth-order valence-corrected chi connectivity index (χ4v) is 3.85. The Bertz CT molecular complexity index is 1280. The van der Waals surface area contributed by atoms with Crippen LogP contribution in [-0.2, 0) is 16.8 Å². The van der Waals surface area contributed by atoms with Gasteiger partial charge in [0.1, 0.15) is 0 Å². The van der Waals surface area contributed by atoms with E-state index in [1.807, 2.05) is 66.7 Å². The van der Waals surface area contributed by atoms with Crippen molar-refractivity contribution >= 4 is 17.3 Å². The van der Waals surface area contributed by atoms with Crippen molar-refractivity contribution in [1.29, 1.82) is 5.26 Å². The number of benzene rings is 2. The molecule has 0 fully saturated rings. The van der Waals surface area contributed by atoms with Gasteiger partial charge in [-0.1, -0.05) is 32.9 Å². The molecule has 34 heavy (non-hydrogen) atoms. The van der Waals surface area contributed by atoms with E-state index in [9.17, 15) is 10.1 Å². The van der Waals surface area contributed by atoms with Crippen molar-refractivity contribution in [3.05, 3.63) is 100 Å². The highest BCUT2D eigenvalue weighted by atomic mass is 16.7. The number of hydrogen-bond acceptors (Lipinski definition) is 5. The summed E-state index contributed by atoms with van der Waals surface area (Å²) in [5.41, 5.74) is 6.45. The molecule has 3 aromatic rings. The van der Waals surface area contributed by atoms with Gasteiger partial charge in [-0.05, 0) is 71.5 Å². The molecule has 0 saturated carbocycles. The summed E-state index contributed by atoms with van der Waals surface area (Å²) in [6.07, 6.45) is 5.61. The number of carbonyl (C=O) groups excluding carboxylic acids is 1. The van der Waals surface area contributed by atoms with Crippen molar-refractivity contribution in [3.63, 3.8) is 0 Å². The molecule has 0 bridgehead atoms. The number of aryl methyl sites for hydroxylation is 1. The summed E-state index contributed by atoms with van der Waals surface area (Å²) in [5.74, 6) is -0.249. The molecule has 1 aliphatic rings. The molecule has 1 N–H and O–H groups in total. The third-order valence-corrected chi connectivity index (χ3v) is 5.79. The molecular formula is C28H28N4O2. The number of hydrogen-bond donors (Lipinski definition) is 1. The molecule has 1 aliphatic heterocycles. The van der Waals surface area contributed by atoms with Gasteiger partial charge in [0.2, 0.25) is 0 Å². The monoisotopic (exact) mass is 452 g/mol. The minimum absolute atomic E-state index is 0.175. The molecule has 6 heteroatoms. The maximum atomic E-state index is 13.1. The van der Waals surface area contributed by atoms with Gasteiger partial charge in [0, 0.05) is 29.2 Å². The van der Waals surface area contributed by atoms with Crippen molar-refractivity contribution < 1.29 is 9.63 Å². The van der Waals surface area contributed by atoms with Crippen molar-refractivity contribution in [2.75, 3.05) is 11.9 Å². The van der Waals surface area contributed by atoms with E-state index < -0.39 is 0 Å². The number of carbonyl (C=O) groups is 1. The largest absolute Gasteiger partial charge is 0.322 e. The lowest BCUT2D eigenvalue weighted by Gasteiger charge is -2.22. The van der Waals surface area contributed by atoms with Gasteiger partial charge in [-0.2, -0.15) is 5.26 Å². The van der Waals surface area contributed by atoms with E-state index in [0.717, 1.165) is 28.0 Å². The van der Waals surface area contributed by atoms with Crippen molar-refractivity contribution in [2.45, 2.75) is 39.7 Å². The highest BCUT2D eigenvalue weighted by Gasteiger charge is 2.21. The maximum Gasteiger partial charge on any atom is 0.255 e. The minimum atomic E-state index is -0.249. The van der Waals surface area contributed by atoms with Crippen molar-refractivity contribution in [2.24, 2.45) is 0 Å². The molecule has 0 radical (unpaired) electrons. The van der Waals surface area contributed by atoms with Gasteiger partial charge in [-0.3, -0.25) is 14.6 Å². The third kappa shape index (κ3) is 5.16. The van der Waals surface area contributed by atoms with Gasteiger partial charge >= 0.3 is 0 Å². The normalized spacial score (nSPS) is 13.4. The fourth-order valence-electron chi connectivity index (χ4n) is 3.85. The molecule has 172 valence electrons. The molecule has 1 aromatic heterocycles. The van der Waals surface area contributed by atoms with Crippen LogP contribution in [0.5, 0.6) is 0 Å². The summed E-state index contributed by atoms with van der Waals surface area (Å²) in [7, 11) is 0. The quantitative estimate of drug-likeness (QED) is 0.545. The van der Waals surface area contributed by atoms with Gasteiger partial charge < -0.3 is 5.32 Å². The standard InChI is InChI=1S/C28H28N4O2/c1-19-7-8-24(31-27(33)22-12-21(16-29)13-23(14-22)28(2,3)4)15-25(19)26-9-11-34-32(26)18-20-6-5-10-30-17-20/h5-10,12-15,17H,11,18H2,1-4H3,(H,31,33). The second kappa shape index (κ2) is 9.50. The Morgan fingerprint density at radius 3 is 2.74 bits per heavy atom. The SMILES string of the molecule is Cc1ccc(NC(=O)c2cc(C#N)cc(C(C)(C)C)c2)cc1C1=CCON1Cc1cccnc1. The first kappa shape index (κ1) is 23.2. The fraction of sp³-hybridized carbons (Fsp3) is 0.250. The summed E-state index contributed by atoms with van der Waals surface area (Å²) in [4.78, 5) is 23.1. The zero-order valence-electron chi connectivity index (χ0n) is 19.9. The van der Waals surface area contributed by atoms with Crippen LogP contribution in [0.3, 0.4) is 0 Å². The minimum Gasteiger partial charge on any atom is -0.322 e. The Morgan fingerprint density at radius 1 is 1.21 bits per heavy atom. The number of nitrogens with zero attached hydrogens (tertiary/aromatic N) is 3. The predicted octanol–water partition coefficient (Wildman–Crippen LogP) is 5.60. The molecule has 0 atom stereocenters. The first-order valence-corrected chi connectivity index (χ1v) is 11.2. The predicted molar refractivity (Wildman–Crippen MR) is 133 cm³/mol. The molecule has 6 nitrogen and oxygen atoms in total. The zero-order valence-corrected chi connectivity index (χ0v) is 19.9. The summed E-state index contributed by atoms with van der Waals surface area (Å²) in [5, 5.41) is 14.3. The van der Waals surface area contributed by atoms with Crippen LogP contribution in [0.4, 0.5) is 5.69 Å².